The summed E-state index contributed by atoms with van der Waals surface area (Å²) in [5.74, 6) is 0.368. The topological polar surface area (TPSA) is 58.1 Å². The summed E-state index contributed by atoms with van der Waals surface area (Å²) >= 11 is 0. The van der Waals surface area contributed by atoms with E-state index in [9.17, 15) is 4.79 Å². The summed E-state index contributed by atoms with van der Waals surface area (Å²) in [7, 11) is 0. The predicted molar refractivity (Wildman–Crippen MR) is 89.2 cm³/mol. The van der Waals surface area contributed by atoms with Crippen LogP contribution in [0.2, 0.25) is 0 Å². The number of carbonyl (C=O) groups excluding carboxylic acids is 1. The highest BCUT2D eigenvalue weighted by molar-refractivity contribution is 6.04. The number of hydrogen-bond donors (Lipinski definition) is 1. The number of nitrogens with zero attached hydrogens (tertiary/aromatic N) is 3. The van der Waals surface area contributed by atoms with E-state index in [2.05, 4.69) is 29.1 Å². The van der Waals surface area contributed by atoms with Gasteiger partial charge in [-0.15, -0.1) is 0 Å². The maximum Gasteiger partial charge on any atom is 0.277 e. The molecule has 116 valence electrons. The lowest BCUT2D eigenvalue weighted by Crippen LogP contribution is -2.31. The molecule has 2 rings (SSSR count). The van der Waals surface area contributed by atoms with Crippen LogP contribution in [-0.4, -0.2) is 28.5 Å². The number of nitrogens with one attached hydrogen (secondary N) is 1. The van der Waals surface area contributed by atoms with Crippen molar-refractivity contribution in [3.63, 3.8) is 0 Å². The van der Waals surface area contributed by atoms with E-state index >= 15 is 0 Å². The van der Waals surface area contributed by atoms with Crippen molar-refractivity contribution < 1.29 is 4.79 Å². The maximum atomic E-state index is 12.7. The minimum absolute atomic E-state index is 0.122. The van der Waals surface area contributed by atoms with E-state index in [1.54, 1.807) is 17.2 Å². The van der Waals surface area contributed by atoms with Gasteiger partial charge in [0.25, 0.3) is 5.91 Å². The van der Waals surface area contributed by atoms with Crippen molar-refractivity contribution in [1.82, 2.24) is 9.97 Å². The first kappa shape index (κ1) is 15.9. The fourth-order valence-electron chi connectivity index (χ4n) is 2.06. The van der Waals surface area contributed by atoms with E-state index in [1.165, 1.54) is 0 Å². The third-order valence-corrected chi connectivity index (χ3v) is 3.49. The summed E-state index contributed by atoms with van der Waals surface area (Å²) < 4.78 is 0. The quantitative estimate of drug-likeness (QED) is 0.888. The fourth-order valence-corrected chi connectivity index (χ4v) is 2.06. The molecule has 1 amide bonds. The summed E-state index contributed by atoms with van der Waals surface area (Å²) in [5, 5.41) is 3.19. The second-order valence-corrected chi connectivity index (χ2v) is 5.10. The number of hydrogen-bond acceptors (Lipinski definition) is 4. The molecule has 1 atom stereocenters. The van der Waals surface area contributed by atoms with Crippen LogP contribution in [0.4, 0.5) is 11.6 Å². The van der Waals surface area contributed by atoms with Crippen LogP contribution in [0.1, 0.15) is 37.7 Å². The Kier molecular flexibility index (Phi) is 5.47. The van der Waals surface area contributed by atoms with Gasteiger partial charge in [0.05, 0.1) is 0 Å². The van der Waals surface area contributed by atoms with Crippen LogP contribution < -0.4 is 10.2 Å². The van der Waals surface area contributed by atoms with E-state index in [-0.39, 0.29) is 11.9 Å². The lowest BCUT2D eigenvalue weighted by Gasteiger charge is -2.21. The molecule has 1 N–H and O–H groups in total. The van der Waals surface area contributed by atoms with Crippen LogP contribution in [0, 0.1) is 0 Å². The van der Waals surface area contributed by atoms with Gasteiger partial charge in [-0.1, -0.05) is 25.1 Å². The van der Waals surface area contributed by atoms with Gasteiger partial charge in [0.2, 0.25) is 5.95 Å². The fraction of sp³-hybridized carbons (Fsp3) is 0.353. The van der Waals surface area contributed by atoms with E-state index in [0.29, 0.717) is 18.2 Å². The van der Waals surface area contributed by atoms with Crippen molar-refractivity contribution in [3.8, 4) is 0 Å². The Bertz CT molecular complexity index is 615. The van der Waals surface area contributed by atoms with Gasteiger partial charge in [-0.3, -0.25) is 4.79 Å². The molecule has 1 unspecified atom stereocenters. The SMILES string of the molecule is CCC(C)Nc1nccc(C(=O)N(CC)c2ccccc2)n1. The van der Waals surface area contributed by atoms with E-state index in [0.717, 1.165) is 12.1 Å². The Morgan fingerprint density at radius 1 is 1.23 bits per heavy atom. The summed E-state index contributed by atoms with van der Waals surface area (Å²) in [6.07, 6.45) is 2.58. The Balaban J connectivity index is 2.23. The largest absolute Gasteiger partial charge is 0.352 e. The van der Waals surface area contributed by atoms with Crippen molar-refractivity contribution in [2.45, 2.75) is 33.2 Å². The Labute approximate surface area is 131 Å². The van der Waals surface area contributed by atoms with Crippen molar-refractivity contribution >= 4 is 17.5 Å². The summed E-state index contributed by atoms with van der Waals surface area (Å²) in [6.45, 7) is 6.67. The molecule has 0 bridgehead atoms. The molecular formula is C17H22N4O. The molecule has 0 saturated carbocycles. The number of rotatable bonds is 6. The first-order chi connectivity index (χ1) is 10.7. The first-order valence-electron chi connectivity index (χ1n) is 7.62. The third kappa shape index (κ3) is 3.81. The van der Waals surface area contributed by atoms with Crippen LogP contribution in [0.15, 0.2) is 42.6 Å². The molecule has 1 heterocycles. The van der Waals surface area contributed by atoms with Gasteiger partial charge in [0, 0.05) is 24.5 Å². The molecule has 0 aliphatic heterocycles. The van der Waals surface area contributed by atoms with Crippen LogP contribution >= 0.6 is 0 Å². The van der Waals surface area contributed by atoms with E-state index < -0.39 is 0 Å². The Morgan fingerprint density at radius 2 is 1.95 bits per heavy atom. The van der Waals surface area contributed by atoms with Crippen molar-refractivity contribution in [2.24, 2.45) is 0 Å². The van der Waals surface area contributed by atoms with Gasteiger partial charge in [0.15, 0.2) is 0 Å². The van der Waals surface area contributed by atoms with Gasteiger partial charge in [-0.05, 0) is 38.5 Å². The van der Waals surface area contributed by atoms with Crippen LogP contribution in [0.3, 0.4) is 0 Å². The average Bonchev–Trinajstić information content (AvgIpc) is 2.56. The van der Waals surface area contributed by atoms with Gasteiger partial charge < -0.3 is 10.2 Å². The number of benzene rings is 1. The summed E-state index contributed by atoms with van der Waals surface area (Å²) in [4.78, 5) is 22.9. The number of anilines is 2. The van der Waals surface area contributed by atoms with Crippen molar-refractivity contribution in [3.05, 3.63) is 48.3 Å². The maximum absolute atomic E-state index is 12.7. The summed E-state index contributed by atoms with van der Waals surface area (Å²) in [5.41, 5.74) is 1.26. The monoisotopic (exact) mass is 298 g/mol. The molecule has 5 heteroatoms. The van der Waals surface area contributed by atoms with Gasteiger partial charge in [-0.2, -0.15) is 0 Å². The molecule has 0 aliphatic carbocycles. The normalized spacial score (nSPS) is 11.8. The molecule has 0 spiro atoms. The van der Waals surface area contributed by atoms with Crippen molar-refractivity contribution in [1.29, 1.82) is 0 Å². The average molecular weight is 298 g/mol. The Morgan fingerprint density at radius 3 is 2.59 bits per heavy atom. The lowest BCUT2D eigenvalue weighted by atomic mass is 10.2. The zero-order chi connectivity index (χ0) is 15.9. The van der Waals surface area contributed by atoms with Crippen LogP contribution in [-0.2, 0) is 0 Å². The summed E-state index contributed by atoms with van der Waals surface area (Å²) in [6, 6.07) is 11.5. The molecule has 0 radical (unpaired) electrons. The van der Waals surface area contributed by atoms with Gasteiger partial charge in [0.1, 0.15) is 5.69 Å². The van der Waals surface area contributed by atoms with E-state index in [4.69, 9.17) is 0 Å². The number of carbonyl (C=O) groups is 1. The first-order valence-corrected chi connectivity index (χ1v) is 7.62. The zero-order valence-corrected chi connectivity index (χ0v) is 13.3. The highest BCUT2D eigenvalue weighted by Gasteiger charge is 2.18. The highest BCUT2D eigenvalue weighted by atomic mass is 16.2. The number of amides is 1. The number of aromatic nitrogens is 2. The highest BCUT2D eigenvalue weighted by Crippen LogP contribution is 2.16. The minimum atomic E-state index is -0.122. The predicted octanol–water partition coefficient (Wildman–Crippen LogP) is 3.35. The van der Waals surface area contributed by atoms with Crippen molar-refractivity contribution in [2.75, 3.05) is 16.8 Å². The molecule has 0 fully saturated rings. The van der Waals surface area contributed by atoms with Crippen LogP contribution in [0.5, 0.6) is 0 Å². The van der Waals surface area contributed by atoms with Gasteiger partial charge in [-0.25, -0.2) is 9.97 Å². The molecule has 0 aliphatic rings. The second kappa shape index (κ2) is 7.54. The standard InChI is InChI=1S/C17H22N4O/c1-4-13(3)19-17-18-12-11-15(20-17)16(22)21(5-2)14-9-7-6-8-10-14/h6-13H,4-5H2,1-3H3,(H,18,19,20). The molecule has 5 nitrogen and oxygen atoms in total. The third-order valence-electron chi connectivity index (χ3n) is 3.49. The second-order valence-electron chi connectivity index (χ2n) is 5.10. The molecule has 1 aromatic heterocycles. The number of para-hydroxylation sites is 1. The Hall–Kier alpha value is -2.43. The lowest BCUT2D eigenvalue weighted by molar-refractivity contribution is 0.0983. The molecule has 0 saturated heterocycles. The van der Waals surface area contributed by atoms with E-state index in [1.807, 2.05) is 37.3 Å². The molecule has 1 aromatic carbocycles. The minimum Gasteiger partial charge on any atom is -0.352 e. The zero-order valence-electron chi connectivity index (χ0n) is 13.3. The molecular weight excluding hydrogens is 276 g/mol. The van der Waals surface area contributed by atoms with Crippen LogP contribution in [0.25, 0.3) is 0 Å². The molecule has 22 heavy (non-hydrogen) atoms. The smallest absolute Gasteiger partial charge is 0.277 e. The molecule has 2 aromatic rings. The van der Waals surface area contributed by atoms with Gasteiger partial charge >= 0.3 is 0 Å².